The van der Waals surface area contributed by atoms with Gasteiger partial charge in [0.25, 0.3) is 0 Å². The van der Waals surface area contributed by atoms with Gasteiger partial charge in [-0.1, -0.05) is 13.0 Å². The third-order valence-corrected chi connectivity index (χ3v) is 3.90. The number of piperidine rings is 1. The van der Waals surface area contributed by atoms with E-state index >= 15 is 0 Å². The van der Waals surface area contributed by atoms with Crippen LogP contribution in [-0.4, -0.2) is 37.5 Å². The first kappa shape index (κ1) is 14.2. The molecule has 106 valence electrons. The molecule has 1 heterocycles. The first-order chi connectivity index (χ1) is 9.13. The third kappa shape index (κ3) is 3.39. The van der Waals surface area contributed by atoms with Gasteiger partial charge in [-0.15, -0.1) is 0 Å². The lowest BCUT2D eigenvalue weighted by Crippen LogP contribution is -2.50. The maximum absolute atomic E-state index is 10.1. The van der Waals surface area contributed by atoms with Gasteiger partial charge in [0.15, 0.2) is 0 Å². The van der Waals surface area contributed by atoms with Gasteiger partial charge in [-0.25, -0.2) is 0 Å². The zero-order valence-electron chi connectivity index (χ0n) is 11.7. The summed E-state index contributed by atoms with van der Waals surface area (Å²) in [5, 5.41) is 10.1. The minimum absolute atomic E-state index is 0.117. The normalized spacial score (nSPS) is 25.2. The Morgan fingerprint density at radius 3 is 2.95 bits per heavy atom. The molecule has 3 N–H and O–H groups in total. The molecule has 3 atom stereocenters. The maximum atomic E-state index is 10.1. The fourth-order valence-electron chi connectivity index (χ4n) is 2.81. The molecule has 2 rings (SSSR count). The van der Waals surface area contributed by atoms with Crippen molar-refractivity contribution < 1.29 is 9.84 Å². The molecule has 0 saturated carbocycles. The highest BCUT2D eigenvalue weighted by molar-refractivity contribution is 5.51. The first-order valence-corrected chi connectivity index (χ1v) is 6.96. The summed E-state index contributed by atoms with van der Waals surface area (Å²) in [6.07, 6.45) is 1.41. The standard InChI is InChI=1S/C15H24N2O2/c1-3-15(18)11-7-12(16)10-17(9-11)13-5-4-6-14(8-13)19-2/h4-6,8,11-12,15,18H,3,7,9-10,16H2,1-2H3. The van der Waals surface area contributed by atoms with Crippen molar-refractivity contribution >= 4 is 5.69 Å². The summed E-state index contributed by atoms with van der Waals surface area (Å²) in [5.74, 6) is 1.10. The van der Waals surface area contributed by atoms with Gasteiger partial charge in [-0.2, -0.15) is 0 Å². The second-order valence-electron chi connectivity index (χ2n) is 5.34. The van der Waals surface area contributed by atoms with Gasteiger partial charge in [-0.3, -0.25) is 0 Å². The molecule has 1 fully saturated rings. The van der Waals surface area contributed by atoms with E-state index in [0.29, 0.717) is 0 Å². The molecule has 1 aliphatic rings. The largest absolute Gasteiger partial charge is 0.497 e. The van der Waals surface area contributed by atoms with Gasteiger partial charge in [-0.05, 0) is 25.0 Å². The molecular weight excluding hydrogens is 240 g/mol. The Balaban J connectivity index is 2.14. The molecular formula is C15H24N2O2. The van der Waals surface area contributed by atoms with Crippen LogP contribution in [0.1, 0.15) is 19.8 Å². The van der Waals surface area contributed by atoms with Gasteiger partial charge in [0.1, 0.15) is 5.75 Å². The first-order valence-electron chi connectivity index (χ1n) is 6.96. The van der Waals surface area contributed by atoms with Gasteiger partial charge in [0.2, 0.25) is 0 Å². The van der Waals surface area contributed by atoms with Crippen LogP contribution in [0.2, 0.25) is 0 Å². The van der Waals surface area contributed by atoms with Crippen LogP contribution in [0.15, 0.2) is 24.3 Å². The number of nitrogens with two attached hydrogens (primary N) is 1. The zero-order valence-corrected chi connectivity index (χ0v) is 11.7. The topological polar surface area (TPSA) is 58.7 Å². The SMILES string of the molecule is CCC(O)C1CC(N)CN(c2cccc(OC)c2)C1. The predicted octanol–water partition coefficient (Wildman–Crippen LogP) is 1.62. The monoisotopic (exact) mass is 264 g/mol. The number of rotatable bonds is 4. The minimum atomic E-state index is -0.264. The average Bonchev–Trinajstić information content (AvgIpc) is 2.45. The van der Waals surface area contributed by atoms with Gasteiger partial charge in [0.05, 0.1) is 13.2 Å². The average molecular weight is 264 g/mol. The summed E-state index contributed by atoms with van der Waals surface area (Å²) >= 11 is 0. The molecule has 1 aliphatic heterocycles. The number of aliphatic hydroxyl groups is 1. The lowest BCUT2D eigenvalue weighted by Gasteiger charge is -2.39. The van der Waals surface area contributed by atoms with Crippen molar-refractivity contribution in [3.63, 3.8) is 0 Å². The molecule has 1 aromatic rings. The van der Waals surface area contributed by atoms with Crippen molar-refractivity contribution in [2.45, 2.75) is 31.9 Å². The molecule has 4 heteroatoms. The number of anilines is 1. The Hall–Kier alpha value is -1.26. The number of aliphatic hydroxyl groups excluding tert-OH is 1. The van der Waals surface area contributed by atoms with Crippen molar-refractivity contribution in [2.75, 3.05) is 25.1 Å². The van der Waals surface area contributed by atoms with Crippen LogP contribution in [0.25, 0.3) is 0 Å². The van der Waals surface area contributed by atoms with Crippen molar-refractivity contribution in [1.82, 2.24) is 0 Å². The smallest absolute Gasteiger partial charge is 0.120 e. The maximum Gasteiger partial charge on any atom is 0.120 e. The number of nitrogens with zero attached hydrogens (tertiary/aromatic N) is 1. The number of methoxy groups -OCH3 is 1. The van der Waals surface area contributed by atoms with E-state index in [-0.39, 0.29) is 18.1 Å². The van der Waals surface area contributed by atoms with E-state index in [4.69, 9.17) is 10.5 Å². The van der Waals surface area contributed by atoms with E-state index in [2.05, 4.69) is 11.0 Å². The van der Waals surface area contributed by atoms with E-state index in [9.17, 15) is 5.11 Å². The lowest BCUT2D eigenvalue weighted by molar-refractivity contribution is 0.0902. The van der Waals surface area contributed by atoms with Crippen molar-refractivity contribution in [2.24, 2.45) is 11.7 Å². The molecule has 0 amide bonds. The van der Waals surface area contributed by atoms with Crippen LogP contribution >= 0.6 is 0 Å². The molecule has 1 saturated heterocycles. The van der Waals surface area contributed by atoms with E-state index < -0.39 is 0 Å². The molecule has 0 radical (unpaired) electrons. The van der Waals surface area contributed by atoms with E-state index in [0.717, 1.165) is 37.4 Å². The molecule has 0 aliphatic carbocycles. The van der Waals surface area contributed by atoms with Crippen LogP contribution in [0.5, 0.6) is 5.75 Å². The summed E-state index contributed by atoms with van der Waals surface area (Å²) < 4.78 is 5.26. The van der Waals surface area contributed by atoms with Crippen LogP contribution in [-0.2, 0) is 0 Å². The molecule has 19 heavy (non-hydrogen) atoms. The quantitative estimate of drug-likeness (QED) is 0.867. The highest BCUT2D eigenvalue weighted by Crippen LogP contribution is 2.27. The molecule has 4 nitrogen and oxygen atoms in total. The molecule has 1 aromatic carbocycles. The van der Waals surface area contributed by atoms with Crippen molar-refractivity contribution in [3.8, 4) is 5.75 Å². The highest BCUT2D eigenvalue weighted by atomic mass is 16.5. The summed E-state index contributed by atoms with van der Waals surface area (Å²) in [6, 6.07) is 8.13. The lowest BCUT2D eigenvalue weighted by atomic mass is 9.88. The summed E-state index contributed by atoms with van der Waals surface area (Å²) in [7, 11) is 1.67. The molecule has 3 unspecified atom stereocenters. The predicted molar refractivity (Wildman–Crippen MR) is 77.6 cm³/mol. The van der Waals surface area contributed by atoms with E-state index in [1.54, 1.807) is 7.11 Å². The van der Waals surface area contributed by atoms with Crippen LogP contribution in [0, 0.1) is 5.92 Å². The molecule has 0 bridgehead atoms. The summed E-state index contributed by atoms with van der Waals surface area (Å²) in [5.41, 5.74) is 7.25. The highest BCUT2D eigenvalue weighted by Gasteiger charge is 2.29. The third-order valence-electron chi connectivity index (χ3n) is 3.90. The van der Waals surface area contributed by atoms with Crippen LogP contribution in [0.3, 0.4) is 0 Å². The van der Waals surface area contributed by atoms with Gasteiger partial charge in [0, 0.05) is 36.8 Å². The Kier molecular flexibility index (Phi) is 4.66. The van der Waals surface area contributed by atoms with Crippen molar-refractivity contribution in [3.05, 3.63) is 24.3 Å². The number of hydrogen-bond donors (Lipinski definition) is 2. The summed E-state index contributed by atoms with van der Waals surface area (Å²) in [6.45, 7) is 3.71. The summed E-state index contributed by atoms with van der Waals surface area (Å²) in [4.78, 5) is 2.25. The fourth-order valence-corrected chi connectivity index (χ4v) is 2.81. The van der Waals surface area contributed by atoms with E-state index in [1.165, 1.54) is 0 Å². The Morgan fingerprint density at radius 2 is 2.26 bits per heavy atom. The van der Waals surface area contributed by atoms with E-state index in [1.807, 2.05) is 25.1 Å². The number of benzene rings is 1. The molecule has 0 aromatic heterocycles. The molecule has 0 spiro atoms. The number of hydrogen-bond acceptors (Lipinski definition) is 4. The Bertz CT molecular complexity index is 411. The second kappa shape index (κ2) is 6.26. The van der Waals surface area contributed by atoms with Crippen LogP contribution in [0.4, 0.5) is 5.69 Å². The van der Waals surface area contributed by atoms with Gasteiger partial charge >= 0.3 is 0 Å². The Labute approximate surface area is 115 Å². The fraction of sp³-hybridized carbons (Fsp3) is 0.600. The Morgan fingerprint density at radius 1 is 1.47 bits per heavy atom. The van der Waals surface area contributed by atoms with Gasteiger partial charge < -0.3 is 20.5 Å². The van der Waals surface area contributed by atoms with Crippen LogP contribution < -0.4 is 15.4 Å². The minimum Gasteiger partial charge on any atom is -0.497 e. The second-order valence-corrected chi connectivity index (χ2v) is 5.34. The number of ether oxygens (including phenoxy) is 1. The zero-order chi connectivity index (χ0) is 13.8. The van der Waals surface area contributed by atoms with Crippen molar-refractivity contribution in [1.29, 1.82) is 0 Å².